The van der Waals surface area contributed by atoms with E-state index in [4.69, 9.17) is 5.73 Å². The highest BCUT2D eigenvalue weighted by atomic mass is 35.5. The van der Waals surface area contributed by atoms with Crippen LogP contribution in [0.15, 0.2) is 0 Å². The van der Waals surface area contributed by atoms with Gasteiger partial charge in [-0.2, -0.15) is 12.6 Å². The van der Waals surface area contributed by atoms with Gasteiger partial charge in [-0.3, -0.25) is 10.1 Å². The van der Waals surface area contributed by atoms with Crippen molar-refractivity contribution in [1.29, 1.82) is 0 Å². The van der Waals surface area contributed by atoms with Crippen molar-refractivity contribution >= 4 is 42.7 Å². The third kappa shape index (κ3) is 6.80. The molecule has 0 rings (SSSR count). The Labute approximate surface area is 82.7 Å². The van der Waals surface area contributed by atoms with Crippen LogP contribution in [0.25, 0.3) is 0 Å². The van der Waals surface area contributed by atoms with E-state index in [0.29, 0.717) is 5.75 Å². The topological polar surface area (TPSA) is 55.1 Å². The molecule has 0 saturated heterocycles. The maximum absolute atomic E-state index is 10.5. The molecule has 11 heavy (non-hydrogen) atoms. The van der Waals surface area contributed by atoms with Gasteiger partial charge in [-0.05, 0) is 6.26 Å². The Balaban J connectivity index is 0. The lowest BCUT2D eigenvalue weighted by atomic mass is 10.3. The van der Waals surface area contributed by atoms with Crippen molar-refractivity contribution in [1.82, 2.24) is 5.32 Å². The molecule has 0 radical (unpaired) electrons. The molecule has 3 nitrogen and oxygen atoms in total. The van der Waals surface area contributed by atoms with Crippen LogP contribution in [0.5, 0.6) is 0 Å². The fourth-order valence-corrected chi connectivity index (χ4v) is 1.12. The SMILES string of the molecule is CSCN[C@@H](CS)C(N)=O.Cl. The Morgan fingerprint density at radius 2 is 2.36 bits per heavy atom. The molecular weight excluding hydrogens is 204 g/mol. The smallest absolute Gasteiger partial charge is 0.235 e. The highest BCUT2D eigenvalue weighted by molar-refractivity contribution is 7.98. The molecule has 0 aromatic carbocycles. The molecule has 0 aromatic heterocycles. The predicted octanol–water partition coefficient (Wildman–Crippen LogP) is 0.102. The zero-order valence-corrected chi connectivity index (χ0v) is 8.77. The van der Waals surface area contributed by atoms with Crippen molar-refractivity contribution in [2.75, 3.05) is 17.9 Å². The first-order valence-electron chi connectivity index (χ1n) is 2.85. The van der Waals surface area contributed by atoms with Gasteiger partial charge in [0.05, 0.1) is 6.04 Å². The number of carbonyl (C=O) groups excluding carboxylic acids is 1. The molecule has 0 aromatic rings. The lowest BCUT2D eigenvalue weighted by Gasteiger charge is -2.10. The van der Waals surface area contributed by atoms with Gasteiger partial charge in [-0.15, -0.1) is 24.2 Å². The number of thiol groups is 1. The average Bonchev–Trinajstić information content (AvgIpc) is 1.89. The second kappa shape index (κ2) is 8.52. The molecule has 68 valence electrons. The maximum atomic E-state index is 10.5. The molecule has 6 heteroatoms. The van der Waals surface area contributed by atoms with Crippen molar-refractivity contribution in [3.63, 3.8) is 0 Å². The van der Waals surface area contributed by atoms with Crippen molar-refractivity contribution in [2.45, 2.75) is 6.04 Å². The number of hydrogen-bond donors (Lipinski definition) is 3. The van der Waals surface area contributed by atoms with Gasteiger partial charge >= 0.3 is 0 Å². The Morgan fingerprint density at radius 3 is 2.64 bits per heavy atom. The number of rotatable bonds is 5. The van der Waals surface area contributed by atoms with E-state index in [9.17, 15) is 4.79 Å². The summed E-state index contributed by atoms with van der Waals surface area (Å²) in [6, 6.07) is -0.296. The molecule has 0 saturated carbocycles. The molecule has 0 aliphatic heterocycles. The predicted molar refractivity (Wildman–Crippen MR) is 55.6 cm³/mol. The lowest BCUT2D eigenvalue weighted by molar-refractivity contribution is -0.119. The molecule has 0 spiro atoms. The number of nitrogens with one attached hydrogen (secondary N) is 1. The summed E-state index contributed by atoms with van der Waals surface area (Å²) in [5.41, 5.74) is 5.03. The third-order valence-electron chi connectivity index (χ3n) is 1.00. The molecule has 0 aliphatic rings. The third-order valence-corrected chi connectivity index (χ3v) is 1.82. The van der Waals surface area contributed by atoms with Crippen molar-refractivity contribution in [2.24, 2.45) is 5.73 Å². The second-order valence-electron chi connectivity index (χ2n) is 1.77. The summed E-state index contributed by atoms with van der Waals surface area (Å²) < 4.78 is 0. The Bertz CT molecular complexity index is 115. The number of halogens is 1. The fourth-order valence-electron chi connectivity index (χ4n) is 0.439. The van der Waals surface area contributed by atoms with E-state index < -0.39 is 0 Å². The molecule has 0 heterocycles. The van der Waals surface area contributed by atoms with Crippen molar-refractivity contribution in [3.05, 3.63) is 0 Å². The van der Waals surface area contributed by atoms with E-state index in [1.165, 1.54) is 0 Å². The summed E-state index contributed by atoms with van der Waals surface area (Å²) in [4.78, 5) is 10.5. The standard InChI is InChI=1S/C5H12N2OS2.ClH/c1-10-3-7-4(2-9)5(6)8;/h4,7,9H,2-3H2,1H3,(H2,6,8);1H/t4-;/m0./s1. The van der Waals surface area contributed by atoms with Crippen LogP contribution in [0.3, 0.4) is 0 Å². The Hall–Kier alpha value is 0.420. The van der Waals surface area contributed by atoms with E-state index in [-0.39, 0.29) is 24.4 Å². The first-order valence-corrected chi connectivity index (χ1v) is 4.87. The second-order valence-corrected chi connectivity index (χ2v) is 3.01. The highest BCUT2D eigenvalue weighted by Crippen LogP contribution is 1.91. The Kier molecular flexibility index (Phi) is 10.8. The van der Waals surface area contributed by atoms with Crippen LogP contribution in [-0.4, -0.2) is 29.8 Å². The number of primary amides is 1. The first kappa shape index (κ1) is 14.0. The van der Waals surface area contributed by atoms with E-state index in [2.05, 4.69) is 17.9 Å². The number of amides is 1. The molecule has 0 unspecified atom stereocenters. The van der Waals surface area contributed by atoms with Gasteiger partial charge in [0.1, 0.15) is 0 Å². The number of nitrogens with two attached hydrogens (primary N) is 1. The first-order chi connectivity index (χ1) is 4.72. The fraction of sp³-hybridized carbons (Fsp3) is 0.800. The van der Waals surface area contributed by atoms with E-state index in [0.717, 1.165) is 5.88 Å². The molecule has 1 amide bonds. The average molecular weight is 217 g/mol. The lowest BCUT2D eigenvalue weighted by Crippen LogP contribution is -2.42. The summed E-state index contributed by atoms with van der Waals surface area (Å²) in [5, 5.41) is 2.93. The summed E-state index contributed by atoms with van der Waals surface area (Å²) in [6.07, 6.45) is 1.95. The zero-order valence-electron chi connectivity index (χ0n) is 6.24. The molecule has 3 N–H and O–H groups in total. The van der Waals surface area contributed by atoms with Gasteiger partial charge in [0.25, 0.3) is 0 Å². The number of thioether (sulfide) groups is 1. The van der Waals surface area contributed by atoms with E-state index >= 15 is 0 Å². The van der Waals surface area contributed by atoms with Crippen LogP contribution >= 0.6 is 36.8 Å². The zero-order chi connectivity index (χ0) is 7.98. The minimum atomic E-state index is -0.343. The van der Waals surface area contributed by atoms with Crippen LogP contribution in [0.4, 0.5) is 0 Å². The summed E-state index contributed by atoms with van der Waals surface area (Å²) in [7, 11) is 0. The largest absolute Gasteiger partial charge is 0.368 e. The van der Waals surface area contributed by atoms with Crippen LogP contribution in [-0.2, 0) is 4.79 Å². The van der Waals surface area contributed by atoms with Crippen LogP contribution in [0.2, 0.25) is 0 Å². The quantitative estimate of drug-likeness (QED) is 0.452. The van der Waals surface area contributed by atoms with Crippen LogP contribution in [0.1, 0.15) is 0 Å². The Morgan fingerprint density at radius 1 is 1.82 bits per heavy atom. The van der Waals surface area contributed by atoms with Gasteiger partial charge < -0.3 is 5.73 Å². The van der Waals surface area contributed by atoms with Crippen LogP contribution < -0.4 is 11.1 Å². The van der Waals surface area contributed by atoms with Crippen LogP contribution in [0, 0.1) is 0 Å². The van der Waals surface area contributed by atoms with Gasteiger partial charge in [-0.1, -0.05) is 0 Å². The van der Waals surface area contributed by atoms with Gasteiger partial charge in [0.15, 0.2) is 0 Å². The monoisotopic (exact) mass is 216 g/mol. The van der Waals surface area contributed by atoms with Crippen molar-refractivity contribution < 1.29 is 4.79 Å². The summed E-state index contributed by atoms with van der Waals surface area (Å²) in [5.74, 6) is 0.841. The summed E-state index contributed by atoms with van der Waals surface area (Å²) >= 11 is 5.57. The number of carbonyl (C=O) groups is 1. The van der Waals surface area contributed by atoms with Gasteiger partial charge in [-0.25, -0.2) is 0 Å². The normalized spacial score (nSPS) is 11.8. The summed E-state index contributed by atoms with van der Waals surface area (Å²) in [6.45, 7) is 0. The van der Waals surface area contributed by atoms with Crippen molar-refractivity contribution in [3.8, 4) is 0 Å². The molecule has 0 bridgehead atoms. The molecule has 0 fully saturated rings. The molecule has 1 atom stereocenters. The number of hydrogen-bond acceptors (Lipinski definition) is 4. The molecular formula is C5H13ClN2OS2. The minimum Gasteiger partial charge on any atom is -0.368 e. The van der Waals surface area contributed by atoms with Gasteiger partial charge in [0, 0.05) is 11.6 Å². The van der Waals surface area contributed by atoms with E-state index in [1.807, 2.05) is 6.26 Å². The van der Waals surface area contributed by atoms with Gasteiger partial charge in [0.2, 0.25) is 5.91 Å². The highest BCUT2D eigenvalue weighted by Gasteiger charge is 2.10. The maximum Gasteiger partial charge on any atom is 0.235 e. The minimum absolute atomic E-state index is 0. The van der Waals surface area contributed by atoms with E-state index in [1.54, 1.807) is 11.8 Å². The molecule has 0 aliphatic carbocycles.